The number of methoxy groups -OCH3 is 1. The van der Waals surface area contributed by atoms with Crippen LogP contribution in [-0.2, 0) is 18.9 Å². The van der Waals surface area contributed by atoms with Gasteiger partial charge in [0.15, 0.2) is 6.29 Å². The van der Waals surface area contributed by atoms with Crippen LogP contribution in [0.2, 0.25) is 0 Å². The first kappa shape index (κ1) is 14.3. The van der Waals surface area contributed by atoms with E-state index in [1.165, 1.54) is 0 Å². The minimum atomic E-state index is -0.483. The summed E-state index contributed by atoms with van der Waals surface area (Å²) in [5.41, 5.74) is 9.71. The minimum absolute atomic E-state index is 0.244. The third-order valence-electron chi connectivity index (χ3n) is 3.81. The second-order valence-electron chi connectivity index (χ2n) is 5.02. The quantitative estimate of drug-likeness (QED) is 0.485. The van der Waals surface area contributed by atoms with E-state index in [0.717, 1.165) is 5.56 Å². The number of hydrogen-bond donors (Lipinski definition) is 0. The van der Waals surface area contributed by atoms with Crippen LogP contribution in [0.4, 0.5) is 0 Å². The van der Waals surface area contributed by atoms with Crippen molar-refractivity contribution in [1.29, 1.82) is 0 Å². The highest BCUT2D eigenvalue weighted by molar-refractivity contribution is 5.16. The van der Waals surface area contributed by atoms with Gasteiger partial charge in [-0.05, 0) is 5.53 Å². The number of ether oxygens (including phenoxy) is 4. The Morgan fingerprint density at radius 3 is 2.76 bits per heavy atom. The number of nitrogens with zero attached hydrogens (tertiary/aromatic N) is 3. The zero-order chi connectivity index (χ0) is 14.7. The molecule has 3 rings (SSSR count). The van der Waals surface area contributed by atoms with Gasteiger partial charge in [0.1, 0.15) is 12.2 Å². The first-order valence-corrected chi connectivity index (χ1v) is 6.84. The van der Waals surface area contributed by atoms with Crippen molar-refractivity contribution in [3.63, 3.8) is 0 Å². The number of azide groups is 1. The lowest BCUT2D eigenvalue weighted by atomic mass is 9.97. The molecule has 2 aliphatic heterocycles. The van der Waals surface area contributed by atoms with E-state index in [4.69, 9.17) is 24.5 Å². The largest absolute Gasteiger partial charge is 0.379 e. The molecule has 2 saturated heterocycles. The first-order valence-electron chi connectivity index (χ1n) is 6.84. The number of benzene rings is 1. The van der Waals surface area contributed by atoms with Crippen molar-refractivity contribution in [2.24, 2.45) is 5.11 Å². The monoisotopic (exact) mass is 291 g/mol. The molecule has 0 amide bonds. The molecule has 0 bridgehead atoms. The van der Waals surface area contributed by atoms with Gasteiger partial charge in [-0.2, -0.15) is 0 Å². The van der Waals surface area contributed by atoms with Crippen LogP contribution in [0.3, 0.4) is 0 Å². The summed E-state index contributed by atoms with van der Waals surface area (Å²) in [5, 5.41) is 3.84. The third kappa shape index (κ3) is 2.88. The summed E-state index contributed by atoms with van der Waals surface area (Å²) >= 11 is 0. The molecule has 0 aromatic heterocycles. The zero-order valence-corrected chi connectivity index (χ0v) is 11.7. The molecule has 2 aliphatic rings. The average molecular weight is 291 g/mol. The van der Waals surface area contributed by atoms with Gasteiger partial charge in [0.25, 0.3) is 0 Å². The highest BCUT2D eigenvalue weighted by Crippen LogP contribution is 2.33. The van der Waals surface area contributed by atoms with Crippen LogP contribution in [-0.4, -0.2) is 44.7 Å². The lowest BCUT2D eigenvalue weighted by Gasteiger charge is -2.44. The number of rotatable bonds is 3. The zero-order valence-electron chi connectivity index (χ0n) is 11.7. The summed E-state index contributed by atoms with van der Waals surface area (Å²) < 4.78 is 22.7. The van der Waals surface area contributed by atoms with Crippen molar-refractivity contribution in [3.05, 3.63) is 46.3 Å². The summed E-state index contributed by atoms with van der Waals surface area (Å²) in [6.07, 6.45) is -1.41. The van der Waals surface area contributed by atoms with E-state index in [2.05, 4.69) is 10.0 Å². The van der Waals surface area contributed by atoms with Gasteiger partial charge < -0.3 is 18.9 Å². The molecule has 1 aromatic carbocycles. The van der Waals surface area contributed by atoms with Gasteiger partial charge in [-0.25, -0.2) is 0 Å². The topological polar surface area (TPSA) is 85.7 Å². The van der Waals surface area contributed by atoms with Gasteiger partial charge in [0.05, 0.1) is 25.4 Å². The Labute approximate surface area is 122 Å². The van der Waals surface area contributed by atoms with E-state index < -0.39 is 12.3 Å². The van der Waals surface area contributed by atoms with Crippen molar-refractivity contribution in [3.8, 4) is 0 Å². The van der Waals surface area contributed by atoms with E-state index in [-0.39, 0.29) is 18.3 Å². The molecular weight excluding hydrogens is 274 g/mol. The normalized spacial score (nSPS) is 35.6. The molecule has 2 fully saturated rings. The molecule has 0 aliphatic carbocycles. The minimum Gasteiger partial charge on any atom is -0.379 e. The molecule has 1 aromatic rings. The SMILES string of the molecule is CO[C@H]1CO[C@@H]2COC(c3ccccc3)O[C@@H]2C1N=[N+]=[N-]. The van der Waals surface area contributed by atoms with Crippen molar-refractivity contribution < 1.29 is 18.9 Å². The van der Waals surface area contributed by atoms with Crippen molar-refractivity contribution >= 4 is 0 Å². The maximum absolute atomic E-state index is 8.78. The van der Waals surface area contributed by atoms with Gasteiger partial charge in [-0.3, -0.25) is 0 Å². The Kier molecular flexibility index (Phi) is 4.38. The molecule has 0 radical (unpaired) electrons. The highest BCUT2D eigenvalue weighted by Gasteiger charge is 2.45. The fraction of sp³-hybridized carbons (Fsp3) is 0.571. The highest BCUT2D eigenvalue weighted by atomic mass is 16.7. The summed E-state index contributed by atoms with van der Waals surface area (Å²) in [5.74, 6) is 0. The predicted octanol–water partition coefficient (Wildman–Crippen LogP) is 2.19. The van der Waals surface area contributed by atoms with Crippen molar-refractivity contribution in [1.82, 2.24) is 0 Å². The van der Waals surface area contributed by atoms with Crippen LogP contribution in [0.15, 0.2) is 35.4 Å². The van der Waals surface area contributed by atoms with Crippen molar-refractivity contribution in [2.75, 3.05) is 20.3 Å². The Morgan fingerprint density at radius 1 is 1.24 bits per heavy atom. The molecule has 2 unspecified atom stereocenters. The van der Waals surface area contributed by atoms with E-state index >= 15 is 0 Å². The van der Waals surface area contributed by atoms with Crippen LogP contribution < -0.4 is 0 Å². The predicted molar refractivity (Wildman–Crippen MR) is 73.5 cm³/mol. The van der Waals surface area contributed by atoms with E-state index in [9.17, 15) is 0 Å². The van der Waals surface area contributed by atoms with Crippen LogP contribution in [0.1, 0.15) is 11.9 Å². The summed E-state index contributed by atoms with van der Waals surface area (Å²) in [6, 6.07) is 9.23. The fourth-order valence-corrected chi connectivity index (χ4v) is 2.71. The average Bonchev–Trinajstić information content (AvgIpc) is 2.56. The summed E-state index contributed by atoms with van der Waals surface area (Å²) in [4.78, 5) is 2.91. The molecule has 0 N–H and O–H groups in total. The van der Waals surface area contributed by atoms with Gasteiger partial charge >= 0.3 is 0 Å². The van der Waals surface area contributed by atoms with Gasteiger partial charge in [-0.1, -0.05) is 35.4 Å². The molecule has 7 heteroatoms. The van der Waals surface area contributed by atoms with Crippen LogP contribution in [0.25, 0.3) is 10.4 Å². The van der Waals surface area contributed by atoms with Crippen LogP contribution >= 0.6 is 0 Å². The lowest BCUT2D eigenvalue weighted by Crippen LogP contribution is -2.57. The molecule has 2 heterocycles. The molecule has 112 valence electrons. The number of fused-ring (bicyclic) bond motifs is 1. The molecule has 7 nitrogen and oxygen atoms in total. The summed E-state index contributed by atoms with van der Waals surface area (Å²) in [6.45, 7) is 0.766. The Morgan fingerprint density at radius 2 is 2.05 bits per heavy atom. The molecule has 21 heavy (non-hydrogen) atoms. The third-order valence-corrected chi connectivity index (χ3v) is 3.81. The molecule has 0 saturated carbocycles. The fourth-order valence-electron chi connectivity index (χ4n) is 2.71. The van der Waals surface area contributed by atoms with Crippen molar-refractivity contribution in [2.45, 2.75) is 30.6 Å². The first-order chi connectivity index (χ1) is 10.3. The lowest BCUT2D eigenvalue weighted by molar-refractivity contribution is -0.294. The number of hydrogen-bond acceptors (Lipinski definition) is 5. The summed E-state index contributed by atoms with van der Waals surface area (Å²) in [7, 11) is 1.57. The Balaban J connectivity index is 1.81. The van der Waals surface area contributed by atoms with E-state index in [0.29, 0.717) is 13.2 Å². The van der Waals surface area contributed by atoms with Crippen LogP contribution in [0.5, 0.6) is 0 Å². The maximum atomic E-state index is 8.78. The second kappa shape index (κ2) is 6.43. The standard InChI is InChI=1S/C14H17N3O4/c1-18-10-7-19-11-8-20-14(9-5-3-2-4-6-9)21-13(11)12(10)16-17-15/h2-6,10-14H,7-8H2,1H3/t10-,11+,12?,13-,14?/m0/s1. The molecule has 5 atom stereocenters. The Hall–Kier alpha value is -1.63. The Bertz CT molecular complexity index is 520. The smallest absolute Gasteiger partial charge is 0.184 e. The van der Waals surface area contributed by atoms with Gasteiger partial charge in [0, 0.05) is 17.6 Å². The molecular formula is C14H17N3O4. The molecule has 0 spiro atoms. The van der Waals surface area contributed by atoms with Gasteiger partial charge in [0.2, 0.25) is 0 Å². The van der Waals surface area contributed by atoms with E-state index in [1.54, 1.807) is 7.11 Å². The van der Waals surface area contributed by atoms with Gasteiger partial charge in [-0.15, -0.1) is 0 Å². The maximum Gasteiger partial charge on any atom is 0.184 e. The van der Waals surface area contributed by atoms with Crippen LogP contribution in [0, 0.1) is 0 Å². The second-order valence-corrected chi connectivity index (χ2v) is 5.02. The van der Waals surface area contributed by atoms with E-state index in [1.807, 2.05) is 30.3 Å².